The molecule has 8 heteroatoms. The van der Waals surface area contributed by atoms with Gasteiger partial charge in [0.05, 0.1) is 27.8 Å². The minimum atomic E-state index is -2.65. The van der Waals surface area contributed by atoms with Gasteiger partial charge in [-0.15, -0.1) is 29.7 Å². The van der Waals surface area contributed by atoms with Crippen molar-refractivity contribution in [2.45, 2.75) is 144 Å². The van der Waals surface area contributed by atoms with E-state index in [1.807, 2.05) is 18.3 Å². The second kappa shape index (κ2) is 20.7. The van der Waals surface area contributed by atoms with Gasteiger partial charge in [-0.05, 0) is 108 Å². The van der Waals surface area contributed by atoms with Gasteiger partial charge in [-0.1, -0.05) is 225 Å². The number of fused-ring (bicyclic) bond motifs is 7. The Labute approximate surface area is 513 Å². The molecule has 0 N–H and O–H groups in total. The van der Waals surface area contributed by atoms with E-state index in [1.54, 1.807) is 0 Å². The molecule has 6 nitrogen and oxygen atoms in total. The monoisotopic (exact) mass is 1300 g/mol. The molecule has 0 spiro atoms. The van der Waals surface area contributed by atoms with E-state index >= 15 is 0 Å². The summed E-state index contributed by atoms with van der Waals surface area (Å²) in [6.45, 7) is 39.9. The standard InChI is InChI=1S/C76H79N5OSi.Pt/c1-72(2,3)49-37-38-77-69(45-49)81-64-30-21-18-27-59(64)61-34-33-57(47-67(61)81)82-56-26-24-25-54(46-56)78-48-79(66-32-23-22-31-65(66)78)71-68(83(16,17)58-43-52(75(10,11)12)40-53(44-58)76(13,14)15)36-35-62-60-28-19-20-29-63(60)80(70(62)71)55-41-50(73(4,5)6)39-51(42-55)74(7,8)9;/h18-45H,1-17H3;/q-2;. The van der Waals surface area contributed by atoms with E-state index in [0.29, 0.717) is 11.5 Å². The maximum atomic E-state index is 6.84. The number of benzene rings is 8. The van der Waals surface area contributed by atoms with E-state index in [1.165, 1.54) is 54.5 Å². The van der Waals surface area contributed by atoms with Crippen LogP contribution < -0.4 is 19.7 Å². The summed E-state index contributed by atoms with van der Waals surface area (Å²) >= 11 is 0. The van der Waals surface area contributed by atoms with Crippen LogP contribution in [0.1, 0.15) is 132 Å². The van der Waals surface area contributed by atoms with Crippen molar-refractivity contribution < 1.29 is 30.4 Å². The normalized spacial score (nSPS) is 13.0. The average Bonchev–Trinajstić information content (AvgIpc) is 2.15. The fraction of sp³-hybridized carbons (Fsp3) is 0.289. The predicted molar refractivity (Wildman–Crippen MR) is 351 cm³/mol. The van der Waals surface area contributed by atoms with Crippen LogP contribution in [-0.2, 0) is 48.1 Å². The van der Waals surface area contributed by atoms with Gasteiger partial charge in [0.25, 0.3) is 6.33 Å². The summed E-state index contributed by atoms with van der Waals surface area (Å²) in [7, 11) is -2.65. The first-order valence-electron chi connectivity index (χ1n) is 29.5. The molecule has 0 fully saturated rings. The van der Waals surface area contributed by atoms with Crippen molar-refractivity contribution in [3.8, 4) is 34.4 Å². The third-order valence-electron chi connectivity index (χ3n) is 17.2. The molecule has 8 aromatic carbocycles. The number of hydrogen-bond donors (Lipinski definition) is 0. The number of aromatic nitrogens is 5. The Morgan fingerprint density at radius 3 is 1.60 bits per heavy atom. The summed E-state index contributed by atoms with van der Waals surface area (Å²) in [5, 5.41) is 7.37. The van der Waals surface area contributed by atoms with Gasteiger partial charge in [-0.2, -0.15) is 18.2 Å². The van der Waals surface area contributed by atoms with Gasteiger partial charge in [0.15, 0.2) is 0 Å². The fourth-order valence-corrected chi connectivity index (χ4v) is 14.6. The topological polar surface area (TPSA) is 40.8 Å². The Balaban J connectivity index is 0.00000736. The molecule has 4 aromatic heterocycles. The molecule has 0 saturated heterocycles. The first kappa shape index (κ1) is 58.5. The maximum absolute atomic E-state index is 6.84. The summed E-state index contributed by atoms with van der Waals surface area (Å²) in [6, 6.07) is 67.9. The molecular formula is C76H79N5OPtSi-2. The second-order valence-electron chi connectivity index (χ2n) is 28.8. The molecule has 0 aliphatic heterocycles. The Hall–Kier alpha value is -7.31. The van der Waals surface area contributed by atoms with Crippen LogP contribution in [0.15, 0.2) is 170 Å². The van der Waals surface area contributed by atoms with E-state index < -0.39 is 8.07 Å². The van der Waals surface area contributed by atoms with E-state index in [2.05, 4.69) is 305 Å². The number of ether oxygens (including phenoxy) is 1. The van der Waals surface area contributed by atoms with Crippen molar-refractivity contribution in [2.75, 3.05) is 0 Å². The molecule has 0 unspecified atom stereocenters. The molecule has 0 aliphatic carbocycles. The van der Waals surface area contributed by atoms with Crippen molar-refractivity contribution in [3.05, 3.63) is 216 Å². The van der Waals surface area contributed by atoms with Crippen molar-refractivity contribution in [1.82, 2.24) is 18.7 Å². The average molecular weight is 1300 g/mol. The summed E-state index contributed by atoms with van der Waals surface area (Å²) < 4.78 is 16.2. The second-order valence-corrected chi connectivity index (χ2v) is 33.1. The first-order chi connectivity index (χ1) is 39.1. The summed E-state index contributed by atoms with van der Waals surface area (Å²) in [4.78, 5) is 4.92. The number of hydrogen-bond acceptors (Lipinski definition) is 2. The fourth-order valence-electron chi connectivity index (χ4n) is 12.0. The van der Waals surface area contributed by atoms with Gasteiger partial charge in [0, 0.05) is 60.7 Å². The first-order valence-corrected chi connectivity index (χ1v) is 32.5. The van der Waals surface area contributed by atoms with Crippen molar-refractivity contribution in [2.24, 2.45) is 0 Å². The van der Waals surface area contributed by atoms with Crippen LogP contribution in [0.2, 0.25) is 13.1 Å². The molecule has 430 valence electrons. The third kappa shape index (κ3) is 10.4. The molecule has 4 heterocycles. The summed E-state index contributed by atoms with van der Waals surface area (Å²) in [6.07, 6.45) is 5.96. The Morgan fingerprint density at radius 2 is 0.988 bits per heavy atom. The van der Waals surface area contributed by atoms with Gasteiger partial charge in [0.2, 0.25) is 0 Å². The zero-order chi connectivity index (χ0) is 58.9. The molecule has 0 saturated carbocycles. The van der Waals surface area contributed by atoms with Crippen molar-refractivity contribution >= 4 is 73.1 Å². The van der Waals surface area contributed by atoms with E-state index in [9.17, 15) is 0 Å². The van der Waals surface area contributed by atoms with Crippen molar-refractivity contribution in [3.63, 3.8) is 0 Å². The van der Waals surface area contributed by atoms with E-state index in [0.717, 1.165) is 61.2 Å². The van der Waals surface area contributed by atoms with Crippen LogP contribution in [0.3, 0.4) is 0 Å². The number of nitrogens with zero attached hydrogens (tertiary/aromatic N) is 5. The molecule has 12 rings (SSSR count). The number of para-hydroxylation sites is 4. The number of imidazole rings is 1. The molecule has 0 radical (unpaired) electrons. The van der Waals surface area contributed by atoms with E-state index in [-0.39, 0.29) is 48.1 Å². The van der Waals surface area contributed by atoms with Gasteiger partial charge >= 0.3 is 0 Å². The quantitative estimate of drug-likeness (QED) is 0.0864. The zero-order valence-electron chi connectivity index (χ0n) is 52.1. The van der Waals surface area contributed by atoms with Gasteiger partial charge in [-0.25, -0.2) is 4.98 Å². The summed E-state index contributed by atoms with van der Waals surface area (Å²) in [5.74, 6) is 2.01. The van der Waals surface area contributed by atoms with Crippen LogP contribution in [0.4, 0.5) is 0 Å². The molecular weight excluding hydrogens is 1220 g/mol. The molecule has 0 atom stereocenters. The zero-order valence-corrected chi connectivity index (χ0v) is 55.4. The van der Waals surface area contributed by atoms with Gasteiger partial charge in [-0.3, -0.25) is 4.57 Å². The Bertz CT molecular complexity index is 4470. The number of pyridine rings is 1. The minimum absolute atomic E-state index is 0. The summed E-state index contributed by atoms with van der Waals surface area (Å²) in [5.41, 5.74) is 15.7. The molecule has 0 amide bonds. The smallest absolute Gasteiger partial charge is 0.268 e. The maximum Gasteiger partial charge on any atom is 0.268 e. The van der Waals surface area contributed by atoms with Crippen LogP contribution in [0.25, 0.3) is 77.5 Å². The van der Waals surface area contributed by atoms with Crippen LogP contribution in [0, 0.1) is 18.5 Å². The molecule has 84 heavy (non-hydrogen) atoms. The molecule has 12 aromatic rings. The van der Waals surface area contributed by atoms with Crippen LogP contribution >= 0.6 is 0 Å². The largest absolute Gasteiger partial charge is 0.510 e. The molecule has 0 aliphatic rings. The van der Waals surface area contributed by atoms with Crippen molar-refractivity contribution in [1.29, 1.82) is 0 Å². The predicted octanol–water partition coefficient (Wildman–Crippen LogP) is 18.0. The molecule has 0 bridgehead atoms. The Kier molecular flexibility index (Phi) is 14.4. The number of rotatable bonds is 8. The van der Waals surface area contributed by atoms with Gasteiger partial charge in [0.1, 0.15) is 13.9 Å². The van der Waals surface area contributed by atoms with Crippen LogP contribution in [-0.4, -0.2) is 26.8 Å². The third-order valence-corrected chi connectivity index (χ3v) is 20.7. The van der Waals surface area contributed by atoms with Gasteiger partial charge < -0.3 is 18.4 Å². The Morgan fingerprint density at radius 1 is 0.464 bits per heavy atom. The minimum Gasteiger partial charge on any atom is -0.510 e. The van der Waals surface area contributed by atoms with E-state index in [4.69, 9.17) is 9.72 Å². The van der Waals surface area contributed by atoms with Crippen LogP contribution in [0.5, 0.6) is 11.5 Å². The SMILES string of the molecule is CC(C)(C)c1cc(-n2c3ccccc3c3ccc([Si](C)(C)c4cc(C(C)(C)C)cc(C(C)(C)C)c4)c(-[n+]4[c-]n(-c5[c-]c(Oc6[c-]c7c(cc6)c6ccccc6n7-c6cc(C(C)(C)C)ccn6)ccc5)c5ccccc54)c32)cc(C(C)(C)C)c1.[Pt].